The number of nitrogens with one attached hydrogen (secondary N) is 1. The number of amides is 2. The maximum absolute atomic E-state index is 12.5. The second-order valence-electron chi connectivity index (χ2n) is 6.57. The van der Waals surface area contributed by atoms with Gasteiger partial charge in [-0.15, -0.1) is 0 Å². The van der Waals surface area contributed by atoms with E-state index in [9.17, 15) is 22.8 Å². The standard InChI is InChI=1S/C20H22F3N3O2/c1-13(17(24)15-8-4-3-5-9-15)18(27)25-16-10-6-7-14(11-16)12-26(2)19(28)20(21,22)23/h3-11,13,17H,12,24H2,1-2H3,(H,25,27). The average Bonchev–Trinajstić information content (AvgIpc) is 2.66. The highest BCUT2D eigenvalue weighted by atomic mass is 19.4. The Morgan fingerprint density at radius 1 is 1.11 bits per heavy atom. The summed E-state index contributed by atoms with van der Waals surface area (Å²) in [4.78, 5) is 24.3. The minimum Gasteiger partial charge on any atom is -0.334 e. The number of carbonyl (C=O) groups is 2. The molecule has 8 heteroatoms. The lowest BCUT2D eigenvalue weighted by molar-refractivity contribution is -0.184. The van der Waals surface area contributed by atoms with Crippen LogP contribution in [0.5, 0.6) is 0 Å². The fourth-order valence-corrected chi connectivity index (χ4v) is 2.69. The molecule has 5 nitrogen and oxygen atoms in total. The van der Waals surface area contributed by atoms with Crippen LogP contribution in [0.2, 0.25) is 0 Å². The van der Waals surface area contributed by atoms with E-state index in [4.69, 9.17) is 5.73 Å². The Morgan fingerprint density at radius 2 is 1.75 bits per heavy atom. The lowest BCUT2D eigenvalue weighted by Crippen LogP contribution is -2.37. The Morgan fingerprint density at radius 3 is 2.36 bits per heavy atom. The molecular weight excluding hydrogens is 371 g/mol. The van der Waals surface area contributed by atoms with Crippen LogP contribution in [0.4, 0.5) is 18.9 Å². The van der Waals surface area contributed by atoms with Crippen LogP contribution in [-0.4, -0.2) is 29.9 Å². The lowest BCUT2D eigenvalue weighted by atomic mass is 9.94. The number of benzene rings is 2. The monoisotopic (exact) mass is 393 g/mol. The molecule has 0 saturated carbocycles. The number of hydrogen-bond acceptors (Lipinski definition) is 3. The van der Waals surface area contributed by atoms with E-state index in [0.29, 0.717) is 16.2 Å². The first-order valence-electron chi connectivity index (χ1n) is 8.62. The van der Waals surface area contributed by atoms with Crippen molar-refractivity contribution >= 4 is 17.5 Å². The van der Waals surface area contributed by atoms with Crippen molar-refractivity contribution in [2.75, 3.05) is 12.4 Å². The first-order valence-corrected chi connectivity index (χ1v) is 8.62. The zero-order chi connectivity index (χ0) is 20.9. The van der Waals surface area contributed by atoms with Gasteiger partial charge in [-0.2, -0.15) is 13.2 Å². The van der Waals surface area contributed by atoms with Crippen molar-refractivity contribution < 1.29 is 22.8 Å². The highest BCUT2D eigenvalue weighted by Gasteiger charge is 2.41. The Hall–Kier alpha value is -2.87. The highest BCUT2D eigenvalue weighted by Crippen LogP contribution is 2.22. The Kier molecular flexibility index (Phi) is 6.80. The number of rotatable bonds is 6. The van der Waals surface area contributed by atoms with Gasteiger partial charge in [-0.3, -0.25) is 9.59 Å². The summed E-state index contributed by atoms with van der Waals surface area (Å²) in [7, 11) is 1.07. The third-order valence-corrected chi connectivity index (χ3v) is 4.34. The van der Waals surface area contributed by atoms with Crippen LogP contribution in [0.3, 0.4) is 0 Å². The Bertz CT molecular complexity index is 825. The van der Waals surface area contributed by atoms with Crippen molar-refractivity contribution in [3.63, 3.8) is 0 Å². The van der Waals surface area contributed by atoms with Gasteiger partial charge in [-0.25, -0.2) is 0 Å². The summed E-state index contributed by atoms with van der Waals surface area (Å²) in [5, 5.41) is 2.72. The molecule has 2 aromatic carbocycles. The molecule has 0 saturated heterocycles. The van der Waals surface area contributed by atoms with E-state index in [2.05, 4.69) is 5.32 Å². The highest BCUT2D eigenvalue weighted by molar-refractivity contribution is 5.93. The van der Waals surface area contributed by atoms with Crippen LogP contribution in [0.25, 0.3) is 0 Å². The molecule has 2 unspecified atom stereocenters. The van der Waals surface area contributed by atoms with Gasteiger partial charge in [0.1, 0.15) is 0 Å². The second kappa shape index (κ2) is 8.88. The van der Waals surface area contributed by atoms with Gasteiger partial charge in [0.2, 0.25) is 5.91 Å². The summed E-state index contributed by atoms with van der Waals surface area (Å²) in [6.45, 7) is 1.47. The zero-order valence-electron chi connectivity index (χ0n) is 15.5. The summed E-state index contributed by atoms with van der Waals surface area (Å²) in [6, 6.07) is 15.0. The molecule has 0 aliphatic carbocycles. The molecule has 2 amide bonds. The maximum atomic E-state index is 12.5. The number of hydrogen-bond donors (Lipinski definition) is 2. The predicted molar refractivity (Wildman–Crippen MR) is 100 cm³/mol. The van der Waals surface area contributed by atoms with Crippen molar-refractivity contribution in [1.29, 1.82) is 0 Å². The minimum absolute atomic E-state index is 0.235. The first kappa shape index (κ1) is 21.4. The van der Waals surface area contributed by atoms with Crippen LogP contribution in [-0.2, 0) is 16.1 Å². The van der Waals surface area contributed by atoms with E-state index in [1.54, 1.807) is 25.1 Å². The van der Waals surface area contributed by atoms with Gasteiger partial charge in [0, 0.05) is 25.3 Å². The molecule has 0 bridgehead atoms. The van der Waals surface area contributed by atoms with E-state index in [0.717, 1.165) is 12.6 Å². The van der Waals surface area contributed by atoms with Crippen LogP contribution >= 0.6 is 0 Å². The number of nitrogens with two attached hydrogens (primary N) is 1. The molecule has 150 valence electrons. The topological polar surface area (TPSA) is 75.4 Å². The van der Waals surface area contributed by atoms with Crippen molar-refractivity contribution in [1.82, 2.24) is 4.90 Å². The van der Waals surface area contributed by atoms with Gasteiger partial charge >= 0.3 is 12.1 Å². The number of anilines is 1. The van der Waals surface area contributed by atoms with E-state index < -0.39 is 24.0 Å². The van der Waals surface area contributed by atoms with Crippen LogP contribution in [0.1, 0.15) is 24.1 Å². The molecule has 2 aromatic rings. The quantitative estimate of drug-likeness (QED) is 0.789. The Balaban J connectivity index is 2.04. The molecule has 3 N–H and O–H groups in total. The van der Waals surface area contributed by atoms with Crippen LogP contribution in [0, 0.1) is 5.92 Å². The molecule has 0 aliphatic heterocycles. The van der Waals surface area contributed by atoms with Gasteiger partial charge in [0.25, 0.3) is 0 Å². The SMILES string of the molecule is CC(C(=O)Nc1cccc(CN(C)C(=O)C(F)(F)F)c1)C(N)c1ccccc1. The van der Waals surface area contributed by atoms with Crippen molar-refractivity contribution in [3.8, 4) is 0 Å². The number of alkyl halides is 3. The summed E-state index contributed by atoms with van der Waals surface area (Å²) in [5.41, 5.74) is 7.85. The fourth-order valence-electron chi connectivity index (χ4n) is 2.69. The predicted octanol–water partition coefficient (Wildman–Crippen LogP) is 3.48. The third-order valence-electron chi connectivity index (χ3n) is 4.34. The molecular formula is C20H22F3N3O2. The first-order chi connectivity index (χ1) is 13.1. The van der Waals surface area contributed by atoms with E-state index in [1.807, 2.05) is 30.3 Å². The van der Waals surface area contributed by atoms with Crippen LogP contribution in [0.15, 0.2) is 54.6 Å². The van der Waals surface area contributed by atoms with Gasteiger partial charge in [0.05, 0.1) is 5.92 Å². The Labute approximate surface area is 161 Å². The molecule has 2 rings (SSSR count). The molecule has 28 heavy (non-hydrogen) atoms. The smallest absolute Gasteiger partial charge is 0.334 e. The van der Waals surface area contributed by atoms with Crippen molar-refractivity contribution in [3.05, 3.63) is 65.7 Å². The molecule has 0 fully saturated rings. The molecule has 2 atom stereocenters. The van der Waals surface area contributed by atoms with Gasteiger partial charge < -0.3 is 16.0 Å². The zero-order valence-corrected chi connectivity index (χ0v) is 15.5. The van der Waals surface area contributed by atoms with Crippen molar-refractivity contribution in [2.45, 2.75) is 25.7 Å². The van der Waals surface area contributed by atoms with Gasteiger partial charge in [0.15, 0.2) is 0 Å². The largest absolute Gasteiger partial charge is 0.471 e. The average molecular weight is 393 g/mol. The van der Waals surface area contributed by atoms with E-state index in [1.165, 1.54) is 6.07 Å². The van der Waals surface area contributed by atoms with Gasteiger partial charge in [-0.1, -0.05) is 49.4 Å². The van der Waals surface area contributed by atoms with Crippen LogP contribution < -0.4 is 11.1 Å². The number of carbonyl (C=O) groups excluding carboxylic acids is 2. The molecule has 0 heterocycles. The summed E-state index contributed by atoms with van der Waals surface area (Å²) >= 11 is 0. The number of nitrogens with zero attached hydrogens (tertiary/aromatic N) is 1. The van der Waals surface area contributed by atoms with E-state index in [-0.39, 0.29) is 12.5 Å². The molecule has 0 radical (unpaired) electrons. The molecule has 0 spiro atoms. The van der Waals surface area contributed by atoms with E-state index >= 15 is 0 Å². The minimum atomic E-state index is -4.93. The third kappa shape index (κ3) is 5.56. The van der Waals surface area contributed by atoms with Gasteiger partial charge in [-0.05, 0) is 23.3 Å². The normalized spacial score (nSPS) is 13.5. The summed E-state index contributed by atoms with van der Waals surface area (Å²) in [6.07, 6.45) is -4.93. The molecule has 0 aromatic heterocycles. The fraction of sp³-hybridized carbons (Fsp3) is 0.300. The number of halogens is 3. The summed E-state index contributed by atoms with van der Waals surface area (Å²) < 4.78 is 37.5. The molecule has 0 aliphatic rings. The maximum Gasteiger partial charge on any atom is 0.471 e. The second-order valence-corrected chi connectivity index (χ2v) is 6.57. The summed E-state index contributed by atoms with van der Waals surface area (Å²) in [5.74, 6) is -2.77. The lowest BCUT2D eigenvalue weighted by Gasteiger charge is -2.21. The van der Waals surface area contributed by atoms with Crippen molar-refractivity contribution in [2.24, 2.45) is 11.7 Å².